The van der Waals surface area contributed by atoms with Crippen LogP contribution in [0.3, 0.4) is 0 Å². The second-order valence-electron chi connectivity index (χ2n) is 5.75. The topological polar surface area (TPSA) is 66.4 Å². The molecule has 4 nitrogen and oxygen atoms in total. The Kier molecular flexibility index (Phi) is 4.04. The maximum atomic E-state index is 12.4. The van der Waals surface area contributed by atoms with Gasteiger partial charge in [0.2, 0.25) is 10.0 Å². The van der Waals surface area contributed by atoms with Gasteiger partial charge in [0.25, 0.3) is 0 Å². The first kappa shape index (κ1) is 15.2. The van der Waals surface area contributed by atoms with Gasteiger partial charge in [0.1, 0.15) is 0 Å². The number of fused-ring (bicyclic) bond motifs is 1. The minimum atomic E-state index is -3.53. The van der Waals surface area contributed by atoms with Gasteiger partial charge in [-0.2, -0.15) is 0 Å². The quantitative estimate of drug-likeness (QED) is 0.907. The molecule has 2 atom stereocenters. The van der Waals surface area contributed by atoms with Gasteiger partial charge in [-0.05, 0) is 29.2 Å². The first-order valence-corrected chi connectivity index (χ1v) is 8.92. The van der Waals surface area contributed by atoms with Gasteiger partial charge in [-0.1, -0.05) is 48.5 Å². The maximum Gasteiger partial charge on any atom is 0.216 e. The van der Waals surface area contributed by atoms with Crippen molar-refractivity contribution in [2.75, 3.05) is 0 Å². The van der Waals surface area contributed by atoms with Crippen molar-refractivity contribution < 1.29 is 13.5 Å². The summed E-state index contributed by atoms with van der Waals surface area (Å²) in [6, 6.07) is 14.4. The lowest BCUT2D eigenvalue weighted by atomic mass is 10.1. The average molecular weight is 317 g/mol. The van der Waals surface area contributed by atoms with Crippen LogP contribution in [0.2, 0.25) is 0 Å². The number of aryl methyl sites for hydroxylation is 1. The summed E-state index contributed by atoms with van der Waals surface area (Å²) in [5.74, 6) is -0.0783. The molecule has 0 saturated carbocycles. The molecular formula is C17H19NO3S. The van der Waals surface area contributed by atoms with Gasteiger partial charge < -0.3 is 5.11 Å². The Morgan fingerprint density at radius 1 is 1.14 bits per heavy atom. The molecule has 5 heteroatoms. The fourth-order valence-electron chi connectivity index (χ4n) is 2.93. The summed E-state index contributed by atoms with van der Waals surface area (Å²) >= 11 is 0. The Morgan fingerprint density at radius 3 is 2.59 bits per heavy atom. The Hall–Kier alpha value is -1.69. The number of aliphatic hydroxyl groups excluding tert-OH is 1. The second kappa shape index (κ2) is 5.83. The molecule has 2 N–H and O–H groups in total. The van der Waals surface area contributed by atoms with Crippen LogP contribution < -0.4 is 4.72 Å². The van der Waals surface area contributed by atoms with Gasteiger partial charge in [-0.15, -0.1) is 0 Å². The molecule has 0 radical (unpaired) electrons. The van der Waals surface area contributed by atoms with E-state index >= 15 is 0 Å². The smallest absolute Gasteiger partial charge is 0.216 e. The van der Waals surface area contributed by atoms with Crippen LogP contribution >= 0.6 is 0 Å². The molecule has 1 aliphatic carbocycles. The Morgan fingerprint density at radius 2 is 1.82 bits per heavy atom. The fourth-order valence-corrected chi connectivity index (χ4v) is 4.42. The van der Waals surface area contributed by atoms with Gasteiger partial charge in [0, 0.05) is 6.42 Å². The summed E-state index contributed by atoms with van der Waals surface area (Å²) in [6.45, 7) is 1.89. The van der Waals surface area contributed by atoms with E-state index in [1.807, 2.05) is 55.5 Å². The first-order valence-electron chi connectivity index (χ1n) is 7.27. The number of rotatable bonds is 4. The number of nitrogens with one attached hydrogen (secondary N) is 1. The standard InChI is InChI=1S/C17H19NO3S/c1-12-6-2-3-8-14(12)11-22(20,21)18-17-15-9-5-4-7-13(15)10-16(17)19/h2-9,16-19H,10-11H2,1H3/t16-,17+/m1/s1. The third kappa shape index (κ3) is 3.06. The highest BCUT2D eigenvalue weighted by atomic mass is 32.2. The summed E-state index contributed by atoms with van der Waals surface area (Å²) in [5, 5.41) is 10.2. The van der Waals surface area contributed by atoms with Crippen molar-refractivity contribution in [1.82, 2.24) is 4.72 Å². The predicted octanol–water partition coefficient (Wildman–Crippen LogP) is 2.07. The molecule has 2 aromatic rings. The normalized spacial score (nSPS) is 20.8. The van der Waals surface area contributed by atoms with E-state index in [-0.39, 0.29) is 5.75 Å². The van der Waals surface area contributed by atoms with Crippen molar-refractivity contribution in [2.24, 2.45) is 0 Å². The zero-order chi connectivity index (χ0) is 15.7. The number of hydrogen-bond acceptors (Lipinski definition) is 3. The van der Waals surface area contributed by atoms with Crippen LogP contribution in [0.4, 0.5) is 0 Å². The summed E-state index contributed by atoms with van der Waals surface area (Å²) < 4.78 is 27.5. The molecule has 0 fully saturated rings. The summed E-state index contributed by atoms with van der Waals surface area (Å²) in [7, 11) is -3.53. The number of hydrogen-bond donors (Lipinski definition) is 2. The van der Waals surface area contributed by atoms with Crippen LogP contribution in [-0.2, 0) is 22.2 Å². The SMILES string of the molecule is Cc1ccccc1CS(=O)(=O)N[C@H]1c2ccccc2C[C@H]1O. The van der Waals surface area contributed by atoms with Crippen LogP contribution in [0.1, 0.15) is 28.3 Å². The van der Waals surface area contributed by atoms with E-state index in [0.29, 0.717) is 6.42 Å². The monoisotopic (exact) mass is 317 g/mol. The molecule has 0 spiro atoms. The molecule has 0 aromatic heterocycles. The third-order valence-corrected chi connectivity index (χ3v) is 5.42. The third-order valence-electron chi connectivity index (χ3n) is 4.12. The molecule has 116 valence electrons. The van der Waals surface area contributed by atoms with Crippen LogP contribution in [0.5, 0.6) is 0 Å². The minimum absolute atomic E-state index is 0.0783. The molecule has 0 saturated heterocycles. The van der Waals surface area contributed by atoms with Gasteiger partial charge in [-0.3, -0.25) is 0 Å². The van der Waals surface area contributed by atoms with Crippen molar-refractivity contribution in [2.45, 2.75) is 31.2 Å². The first-order chi connectivity index (χ1) is 10.5. The fraction of sp³-hybridized carbons (Fsp3) is 0.294. The van der Waals surface area contributed by atoms with Crippen molar-refractivity contribution in [3.8, 4) is 0 Å². The number of benzene rings is 2. The van der Waals surface area contributed by atoms with Crippen molar-refractivity contribution >= 4 is 10.0 Å². The lowest BCUT2D eigenvalue weighted by molar-refractivity contribution is 0.151. The molecule has 0 unspecified atom stereocenters. The molecule has 2 aromatic carbocycles. The zero-order valence-electron chi connectivity index (χ0n) is 12.4. The molecule has 0 heterocycles. The van der Waals surface area contributed by atoms with Crippen molar-refractivity contribution in [1.29, 1.82) is 0 Å². The lowest BCUT2D eigenvalue weighted by Crippen LogP contribution is -2.34. The largest absolute Gasteiger partial charge is 0.391 e. The van der Waals surface area contributed by atoms with Gasteiger partial charge in [0.15, 0.2) is 0 Å². The van der Waals surface area contributed by atoms with Gasteiger partial charge in [0.05, 0.1) is 17.9 Å². The van der Waals surface area contributed by atoms with Gasteiger partial charge in [-0.25, -0.2) is 13.1 Å². The molecule has 1 aliphatic rings. The zero-order valence-corrected chi connectivity index (χ0v) is 13.2. The maximum absolute atomic E-state index is 12.4. The van der Waals surface area contributed by atoms with E-state index in [1.54, 1.807) is 0 Å². The highest BCUT2D eigenvalue weighted by molar-refractivity contribution is 7.88. The van der Waals surface area contributed by atoms with Crippen LogP contribution in [0, 0.1) is 6.92 Å². The van der Waals surface area contributed by atoms with E-state index in [1.165, 1.54) is 0 Å². The van der Waals surface area contributed by atoms with Gasteiger partial charge >= 0.3 is 0 Å². The van der Waals surface area contributed by atoms with E-state index in [2.05, 4.69) is 4.72 Å². The van der Waals surface area contributed by atoms with E-state index < -0.39 is 22.2 Å². The highest BCUT2D eigenvalue weighted by Gasteiger charge is 2.33. The van der Waals surface area contributed by atoms with Crippen LogP contribution in [0.15, 0.2) is 48.5 Å². The second-order valence-corrected chi connectivity index (χ2v) is 7.51. The van der Waals surface area contributed by atoms with Crippen molar-refractivity contribution in [3.63, 3.8) is 0 Å². The summed E-state index contributed by atoms with van der Waals surface area (Å²) in [4.78, 5) is 0. The molecule has 0 bridgehead atoms. The van der Waals surface area contributed by atoms with E-state index in [4.69, 9.17) is 0 Å². The highest BCUT2D eigenvalue weighted by Crippen LogP contribution is 2.32. The minimum Gasteiger partial charge on any atom is -0.391 e. The Balaban J connectivity index is 1.82. The molecule has 0 aliphatic heterocycles. The van der Waals surface area contributed by atoms with Crippen LogP contribution in [0.25, 0.3) is 0 Å². The van der Waals surface area contributed by atoms with Crippen LogP contribution in [-0.4, -0.2) is 19.6 Å². The molecule has 3 rings (SSSR count). The predicted molar refractivity (Wildman–Crippen MR) is 85.8 cm³/mol. The molecular weight excluding hydrogens is 298 g/mol. The number of sulfonamides is 1. The Labute approximate surface area is 130 Å². The van der Waals surface area contributed by atoms with Crippen molar-refractivity contribution in [3.05, 3.63) is 70.8 Å². The average Bonchev–Trinajstić information content (AvgIpc) is 2.77. The lowest BCUT2D eigenvalue weighted by Gasteiger charge is -2.18. The van der Waals surface area contributed by atoms with E-state index in [9.17, 15) is 13.5 Å². The van der Waals surface area contributed by atoms with E-state index in [0.717, 1.165) is 22.3 Å². The molecule has 22 heavy (non-hydrogen) atoms. The Bertz CT molecular complexity index is 786. The number of aliphatic hydroxyl groups is 1. The summed E-state index contributed by atoms with van der Waals surface area (Å²) in [5.41, 5.74) is 3.58. The summed E-state index contributed by atoms with van der Waals surface area (Å²) in [6.07, 6.45) is -0.239. The molecule has 0 amide bonds.